The zero-order chi connectivity index (χ0) is 19.1. The first-order valence-corrected chi connectivity index (χ1v) is 8.69. The summed E-state index contributed by atoms with van der Waals surface area (Å²) in [6, 6.07) is 14.7. The quantitative estimate of drug-likeness (QED) is 0.601. The average molecular weight is 369 g/mol. The van der Waals surface area contributed by atoms with Gasteiger partial charge in [0, 0.05) is 24.7 Å². The lowest BCUT2D eigenvalue weighted by Crippen LogP contribution is -2.44. The van der Waals surface area contributed by atoms with Crippen molar-refractivity contribution in [2.24, 2.45) is 0 Å². The van der Waals surface area contributed by atoms with Gasteiger partial charge in [0.05, 0.1) is 13.2 Å². The number of esters is 1. The van der Waals surface area contributed by atoms with E-state index in [1.165, 1.54) is 24.3 Å². The van der Waals surface area contributed by atoms with E-state index < -0.39 is 17.9 Å². The van der Waals surface area contributed by atoms with Crippen LogP contribution in [0, 0.1) is 5.82 Å². The van der Waals surface area contributed by atoms with Crippen molar-refractivity contribution in [3.63, 3.8) is 0 Å². The third-order valence-electron chi connectivity index (χ3n) is 4.14. The lowest BCUT2D eigenvalue weighted by atomic mass is 10.1. The topological polar surface area (TPSA) is 55.8 Å². The Morgan fingerprint density at radius 1 is 1.07 bits per heavy atom. The molecule has 1 heterocycles. The maximum absolute atomic E-state index is 13.2. The molecule has 1 aliphatic heterocycles. The fourth-order valence-corrected chi connectivity index (χ4v) is 2.77. The van der Waals surface area contributed by atoms with Gasteiger partial charge in [0.2, 0.25) is 6.10 Å². The first-order chi connectivity index (χ1) is 13.1. The maximum Gasteiger partial charge on any atom is 0.331 e. The molecule has 1 saturated heterocycles. The Morgan fingerprint density at radius 2 is 1.81 bits per heavy atom. The number of hydrogen-bond acceptors (Lipinski definition) is 4. The van der Waals surface area contributed by atoms with E-state index in [0.29, 0.717) is 37.4 Å². The predicted octanol–water partition coefficient (Wildman–Crippen LogP) is 2.98. The number of nitrogens with zero attached hydrogens (tertiary/aromatic N) is 1. The molecule has 0 saturated carbocycles. The number of hydrogen-bond donors (Lipinski definition) is 0. The van der Waals surface area contributed by atoms with Gasteiger partial charge in [-0.3, -0.25) is 4.79 Å². The molecule has 0 radical (unpaired) electrons. The van der Waals surface area contributed by atoms with Gasteiger partial charge in [0.15, 0.2) is 0 Å². The molecule has 0 spiro atoms. The normalized spacial score (nSPS) is 15.5. The molecule has 1 atom stereocenters. The standard InChI is InChI=1S/C21H20FNO4/c22-18-8-4-5-16(15-18)9-10-19(24)27-20(17-6-2-1-3-7-17)21(25)23-11-13-26-14-12-23/h1-10,15,20H,11-14H2/b10-9+/t20-/m0/s1. The van der Waals surface area contributed by atoms with Gasteiger partial charge in [-0.2, -0.15) is 0 Å². The molecule has 5 nitrogen and oxygen atoms in total. The third-order valence-corrected chi connectivity index (χ3v) is 4.14. The Balaban J connectivity index is 1.74. The Morgan fingerprint density at radius 3 is 2.52 bits per heavy atom. The lowest BCUT2D eigenvalue weighted by Gasteiger charge is -2.30. The molecule has 6 heteroatoms. The Hall–Kier alpha value is -2.99. The average Bonchev–Trinajstić information content (AvgIpc) is 2.71. The van der Waals surface area contributed by atoms with Crippen LogP contribution >= 0.6 is 0 Å². The fourth-order valence-electron chi connectivity index (χ4n) is 2.77. The molecule has 0 aromatic heterocycles. The zero-order valence-electron chi connectivity index (χ0n) is 14.7. The highest BCUT2D eigenvalue weighted by molar-refractivity contribution is 5.91. The van der Waals surface area contributed by atoms with Crippen LogP contribution in [-0.2, 0) is 19.1 Å². The van der Waals surface area contributed by atoms with Crippen LogP contribution < -0.4 is 0 Å². The van der Waals surface area contributed by atoms with Gasteiger partial charge in [0.25, 0.3) is 5.91 Å². The van der Waals surface area contributed by atoms with Crippen molar-refractivity contribution >= 4 is 18.0 Å². The number of carbonyl (C=O) groups is 2. The van der Waals surface area contributed by atoms with E-state index in [4.69, 9.17) is 9.47 Å². The fraction of sp³-hybridized carbons (Fsp3) is 0.238. The molecule has 0 N–H and O–H groups in total. The van der Waals surface area contributed by atoms with Crippen molar-refractivity contribution in [1.82, 2.24) is 4.90 Å². The predicted molar refractivity (Wildman–Crippen MR) is 98.1 cm³/mol. The number of amides is 1. The molecule has 0 aliphatic carbocycles. The van der Waals surface area contributed by atoms with Gasteiger partial charge < -0.3 is 14.4 Å². The van der Waals surface area contributed by atoms with E-state index in [1.54, 1.807) is 41.3 Å². The van der Waals surface area contributed by atoms with Crippen molar-refractivity contribution in [2.45, 2.75) is 6.10 Å². The number of rotatable bonds is 5. The van der Waals surface area contributed by atoms with E-state index >= 15 is 0 Å². The highest BCUT2D eigenvalue weighted by Gasteiger charge is 2.29. The molecule has 140 valence electrons. The van der Waals surface area contributed by atoms with Crippen LogP contribution in [0.4, 0.5) is 4.39 Å². The highest BCUT2D eigenvalue weighted by Crippen LogP contribution is 2.21. The molecule has 1 amide bonds. The lowest BCUT2D eigenvalue weighted by molar-refractivity contribution is -0.159. The Labute approximate surface area is 157 Å². The summed E-state index contributed by atoms with van der Waals surface area (Å²) in [6.07, 6.45) is 1.61. The molecular weight excluding hydrogens is 349 g/mol. The van der Waals surface area contributed by atoms with Crippen LogP contribution in [-0.4, -0.2) is 43.1 Å². The molecule has 3 rings (SSSR count). The molecule has 2 aromatic rings. The number of benzene rings is 2. The summed E-state index contributed by atoms with van der Waals surface area (Å²) in [5.74, 6) is -1.35. The van der Waals surface area contributed by atoms with Gasteiger partial charge in [-0.15, -0.1) is 0 Å². The second-order valence-electron chi connectivity index (χ2n) is 6.05. The van der Waals surface area contributed by atoms with Gasteiger partial charge in [-0.1, -0.05) is 42.5 Å². The van der Waals surface area contributed by atoms with Crippen molar-refractivity contribution in [2.75, 3.05) is 26.3 Å². The van der Waals surface area contributed by atoms with E-state index in [0.717, 1.165) is 0 Å². The minimum Gasteiger partial charge on any atom is -0.444 e. The van der Waals surface area contributed by atoms with Crippen molar-refractivity contribution in [1.29, 1.82) is 0 Å². The molecule has 27 heavy (non-hydrogen) atoms. The third kappa shape index (κ3) is 5.24. The summed E-state index contributed by atoms with van der Waals surface area (Å²) in [5.41, 5.74) is 1.13. The monoisotopic (exact) mass is 369 g/mol. The van der Waals surface area contributed by atoms with Gasteiger partial charge in [-0.05, 0) is 23.8 Å². The minimum absolute atomic E-state index is 0.281. The molecular formula is C21H20FNO4. The maximum atomic E-state index is 13.2. The highest BCUT2D eigenvalue weighted by atomic mass is 19.1. The van der Waals surface area contributed by atoms with Crippen molar-refractivity contribution in [3.8, 4) is 0 Å². The summed E-state index contributed by atoms with van der Waals surface area (Å²) in [5, 5.41) is 0. The van der Waals surface area contributed by atoms with Crippen molar-refractivity contribution < 1.29 is 23.5 Å². The van der Waals surface area contributed by atoms with E-state index in [9.17, 15) is 14.0 Å². The summed E-state index contributed by atoms with van der Waals surface area (Å²) in [4.78, 5) is 26.8. The van der Waals surface area contributed by atoms with Crippen LogP contribution in [0.15, 0.2) is 60.7 Å². The van der Waals surface area contributed by atoms with Crippen LogP contribution in [0.5, 0.6) is 0 Å². The van der Waals surface area contributed by atoms with Crippen LogP contribution in [0.25, 0.3) is 6.08 Å². The van der Waals surface area contributed by atoms with Gasteiger partial charge >= 0.3 is 5.97 Å². The Kier molecular flexibility index (Phi) is 6.33. The summed E-state index contributed by atoms with van der Waals surface area (Å²) >= 11 is 0. The second-order valence-corrected chi connectivity index (χ2v) is 6.05. The smallest absolute Gasteiger partial charge is 0.331 e. The molecule has 0 unspecified atom stereocenters. The van der Waals surface area contributed by atoms with E-state index in [2.05, 4.69) is 0 Å². The van der Waals surface area contributed by atoms with Crippen LogP contribution in [0.1, 0.15) is 17.2 Å². The summed E-state index contributed by atoms with van der Waals surface area (Å²) in [7, 11) is 0. The van der Waals surface area contributed by atoms with Crippen molar-refractivity contribution in [3.05, 3.63) is 77.6 Å². The molecule has 0 bridgehead atoms. The summed E-state index contributed by atoms with van der Waals surface area (Å²) < 4.78 is 23.9. The first kappa shape index (κ1) is 18.8. The number of carbonyl (C=O) groups excluding carboxylic acids is 2. The second kappa shape index (κ2) is 9.09. The summed E-state index contributed by atoms with van der Waals surface area (Å²) in [6.45, 7) is 1.83. The first-order valence-electron chi connectivity index (χ1n) is 8.69. The van der Waals surface area contributed by atoms with Gasteiger partial charge in [-0.25, -0.2) is 9.18 Å². The molecule has 1 aliphatic rings. The number of morpholine rings is 1. The minimum atomic E-state index is -1.03. The van der Waals surface area contributed by atoms with Gasteiger partial charge in [0.1, 0.15) is 5.82 Å². The van der Waals surface area contributed by atoms with Crippen LogP contribution in [0.3, 0.4) is 0 Å². The largest absolute Gasteiger partial charge is 0.444 e. The SMILES string of the molecule is O=C(/C=C/c1cccc(F)c1)O[C@H](C(=O)N1CCOCC1)c1ccccc1. The Bertz CT molecular complexity index is 816. The zero-order valence-corrected chi connectivity index (χ0v) is 14.7. The van der Waals surface area contributed by atoms with E-state index in [1.807, 2.05) is 6.07 Å². The van der Waals surface area contributed by atoms with Crippen LogP contribution in [0.2, 0.25) is 0 Å². The van der Waals surface area contributed by atoms with E-state index in [-0.39, 0.29) is 5.91 Å². The number of halogens is 1. The number of ether oxygens (including phenoxy) is 2. The molecule has 1 fully saturated rings. The molecule has 2 aromatic carbocycles.